The molecule has 31 heteroatoms. The largest absolute Gasteiger partial charge is 0.496 e. The first-order valence-corrected chi connectivity index (χ1v) is 37.4. The van der Waals surface area contributed by atoms with E-state index < -0.39 is 97.6 Å². The first-order valence-electron chi connectivity index (χ1n) is 37.4. The highest BCUT2D eigenvalue weighted by Crippen LogP contribution is 2.54. The van der Waals surface area contributed by atoms with Crippen LogP contribution in [0.2, 0.25) is 0 Å². The lowest BCUT2D eigenvalue weighted by Gasteiger charge is -2.38. The number of methoxy groups -OCH3 is 3. The van der Waals surface area contributed by atoms with Gasteiger partial charge in [-0.3, -0.25) is 78.9 Å². The Labute approximate surface area is 647 Å². The van der Waals surface area contributed by atoms with Crippen LogP contribution in [0.3, 0.4) is 0 Å². The number of fused-ring (bicyclic) bond motifs is 2. The van der Waals surface area contributed by atoms with Gasteiger partial charge in [0.25, 0.3) is 0 Å². The lowest BCUT2D eigenvalue weighted by molar-refractivity contribution is -0.491. The van der Waals surface area contributed by atoms with Crippen LogP contribution in [0.15, 0.2) is 72.8 Å². The standard InChI is InChI=1S/C21H28N2O7.C19H26N2O4.C12H17NO2.C10H15N.2C9H13NO5/c1-12-5-6-14(8-18(12)29-3)7-17(20(25)30-4)23-19(24)9-16-15(11-22(27)28)13(2)10-21(16,23)26;1-12-4-5-15(8-13(12)2)6-7-20-18(22)9-17-16(11-21(24)25)14(3)10-19(17,20)23;1-8-4-5-10(6-9(8)2)7-11(13)12(14)15-3;1-8-3-4-10(5-6-11)7-9(8)2;2*1-5-2-8(11)6(3-9(12)13)7(5)4-10(14)15/h5-6,8,13,15-17,26H,7,9-11H2,1-4H3;4-5,8,14,16-17,23H,6-7,9-11H2,1-3H3;4-6,11H,7,13H2,1-3H3;3-4,7H,5-6,11H2,1-2H3;2*5-7H,2-4H2,1H3,(H,12,13)/t13-,15+,16?,17-,21?;14-,16+,17+,19+;11-;;2*5-,6-,7+/m000.00/s1. The molecular formula is C80H112N8O23. The Balaban J connectivity index is 0.000000247. The second-order valence-electron chi connectivity index (χ2n) is 30.9. The maximum atomic E-state index is 12.9. The number of nitrogens with zero attached hydrogens (tertiary/aromatic N) is 6. The number of carbonyl (C=O) groups is 8. The normalized spacial score (nSPS) is 25.8. The first-order chi connectivity index (χ1) is 51.9. The highest BCUT2D eigenvalue weighted by atomic mass is 16.6. The zero-order chi connectivity index (χ0) is 83.4. The van der Waals surface area contributed by atoms with Gasteiger partial charge in [-0.1, -0.05) is 94.4 Å². The van der Waals surface area contributed by atoms with Crippen molar-refractivity contribution >= 4 is 47.3 Å². The molecule has 2 saturated heterocycles. The second-order valence-corrected chi connectivity index (χ2v) is 30.9. The van der Waals surface area contributed by atoms with Gasteiger partial charge in [-0.2, -0.15) is 0 Å². The van der Waals surface area contributed by atoms with E-state index in [1.165, 1.54) is 58.1 Å². The van der Waals surface area contributed by atoms with E-state index in [-0.39, 0.29) is 141 Å². The highest BCUT2D eigenvalue weighted by molar-refractivity contribution is 5.89. The average Bonchev–Trinajstić information content (AvgIpc) is 1.58. The number of hydrogen-bond acceptors (Lipinski definition) is 23. The number of carboxylic acid groups (broad SMARTS) is 2. The predicted molar refractivity (Wildman–Crippen MR) is 408 cm³/mol. The van der Waals surface area contributed by atoms with Crippen LogP contribution >= 0.6 is 0 Å². The molecule has 6 aliphatic rings. The molecule has 2 amide bonds. The fourth-order valence-corrected chi connectivity index (χ4v) is 16.7. The number of rotatable bonds is 25. The van der Waals surface area contributed by atoms with Gasteiger partial charge in [0.1, 0.15) is 40.8 Å². The summed E-state index contributed by atoms with van der Waals surface area (Å²) < 4.78 is 14.9. The second kappa shape index (κ2) is 41.0. The van der Waals surface area contributed by atoms with Crippen LogP contribution in [0.5, 0.6) is 5.75 Å². The van der Waals surface area contributed by atoms with Crippen LogP contribution in [0.1, 0.15) is 140 Å². The van der Waals surface area contributed by atoms with E-state index in [0.717, 1.165) is 35.2 Å². The maximum absolute atomic E-state index is 12.9. The number of hydrogen-bond donors (Lipinski definition) is 6. The Hall–Kier alpha value is -9.72. The van der Waals surface area contributed by atoms with Gasteiger partial charge >= 0.3 is 23.9 Å². The van der Waals surface area contributed by atoms with E-state index in [2.05, 4.69) is 81.8 Å². The van der Waals surface area contributed by atoms with E-state index in [4.69, 9.17) is 31.2 Å². The monoisotopic (exact) mass is 1550 g/mol. The third-order valence-corrected chi connectivity index (χ3v) is 23.2. The number of aryl methyl sites for hydroxylation is 7. The van der Waals surface area contributed by atoms with Gasteiger partial charge in [0.05, 0.1) is 34.2 Å². The maximum Gasteiger partial charge on any atom is 0.329 e. The van der Waals surface area contributed by atoms with Gasteiger partial charge in [0, 0.05) is 106 Å². The zero-order valence-corrected chi connectivity index (χ0v) is 66.1. The Morgan fingerprint density at radius 3 is 1.29 bits per heavy atom. The van der Waals surface area contributed by atoms with Crippen molar-refractivity contribution in [1.29, 1.82) is 0 Å². The van der Waals surface area contributed by atoms with Gasteiger partial charge in [-0.05, 0) is 178 Å². The van der Waals surface area contributed by atoms with E-state index >= 15 is 0 Å². The van der Waals surface area contributed by atoms with Crippen LogP contribution in [0, 0.1) is 160 Å². The van der Waals surface area contributed by atoms with Crippen molar-refractivity contribution in [3.63, 3.8) is 0 Å². The van der Waals surface area contributed by atoms with E-state index in [0.29, 0.717) is 31.6 Å². The summed E-state index contributed by atoms with van der Waals surface area (Å²) in [5.74, 6) is -7.39. The molecule has 6 fully saturated rings. The minimum atomic E-state index is -1.61. The van der Waals surface area contributed by atoms with E-state index in [1.807, 2.05) is 52.0 Å². The summed E-state index contributed by atoms with van der Waals surface area (Å²) in [5, 5.41) is 82.7. The van der Waals surface area contributed by atoms with Crippen molar-refractivity contribution in [2.75, 3.05) is 60.6 Å². The molecule has 4 aliphatic carbocycles. The minimum Gasteiger partial charge on any atom is -0.496 e. The van der Waals surface area contributed by atoms with Gasteiger partial charge < -0.3 is 51.0 Å². The molecule has 2 heterocycles. The van der Waals surface area contributed by atoms with E-state index in [9.17, 15) is 89.0 Å². The molecule has 610 valence electrons. The van der Waals surface area contributed by atoms with Crippen molar-refractivity contribution in [1.82, 2.24) is 9.80 Å². The number of nitro groups is 4. The number of ether oxygens (including phenoxy) is 3. The molecule has 0 aromatic heterocycles. The van der Waals surface area contributed by atoms with E-state index in [1.54, 1.807) is 31.9 Å². The van der Waals surface area contributed by atoms with Gasteiger partial charge in [-0.15, -0.1) is 0 Å². The molecule has 111 heavy (non-hydrogen) atoms. The van der Waals surface area contributed by atoms with Crippen molar-refractivity contribution in [3.05, 3.63) is 174 Å². The summed E-state index contributed by atoms with van der Waals surface area (Å²) in [7, 11) is 4.14. The molecule has 2 unspecified atom stereocenters. The molecule has 16 atom stereocenters. The molecule has 4 aromatic carbocycles. The van der Waals surface area contributed by atoms with Crippen LogP contribution in [0.4, 0.5) is 0 Å². The number of carboxylic acids is 2. The fourth-order valence-electron chi connectivity index (χ4n) is 16.7. The predicted octanol–water partition coefficient (Wildman–Crippen LogP) is 8.18. The third-order valence-electron chi connectivity index (χ3n) is 23.2. The zero-order valence-electron chi connectivity index (χ0n) is 66.1. The number of aliphatic hydroxyl groups is 2. The van der Waals surface area contributed by atoms with Crippen LogP contribution in [-0.4, -0.2) is 181 Å². The molecule has 10 rings (SSSR count). The minimum absolute atomic E-state index is 0.0238. The number of nitrogens with two attached hydrogens (primary N) is 2. The molecule has 0 radical (unpaired) electrons. The number of amides is 2. The lowest BCUT2D eigenvalue weighted by atomic mass is 9.88. The summed E-state index contributed by atoms with van der Waals surface area (Å²) in [6.45, 7) is 21.7. The lowest BCUT2D eigenvalue weighted by Crippen LogP contribution is -2.56. The van der Waals surface area contributed by atoms with Gasteiger partial charge in [-0.25, -0.2) is 4.79 Å². The van der Waals surface area contributed by atoms with Crippen molar-refractivity contribution < 1.29 is 92.7 Å². The smallest absolute Gasteiger partial charge is 0.329 e. The van der Waals surface area contributed by atoms with Crippen LogP contribution < -0.4 is 16.2 Å². The number of likely N-dealkylation sites (tertiary alicyclic amines) is 2. The molecule has 8 N–H and O–H groups in total. The third kappa shape index (κ3) is 24.6. The number of ketones is 2. The quantitative estimate of drug-likeness (QED) is 0.0207. The Bertz CT molecular complexity index is 3960. The Kier molecular flexibility index (Phi) is 33.9. The van der Waals surface area contributed by atoms with Crippen molar-refractivity contribution in [2.24, 2.45) is 82.5 Å². The molecule has 4 aromatic rings. The molecule has 0 spiro atoms. The van der Waals surface area contributed by atoms with Crippen molar-refractivity contribution in [3.8, 4) is 5.75 Å². The molecule has 0 bridgehead atoms. The number of esters is 2. The topological polar surface area (TPSA) is 476 Å². The average molecular weight is 1550 g/mol. The summed E-state index contributed by atoms with van der Waals surface area (Å²) in [4.78, 5) is 137. The van der Waals surface area contributed by atoms with Gasteiger partial charge in [0.15, 0.2) is 0 Å². The number of carbonyl (C=O) groups excluding carboxylic acids is 6. The SMILES string of the molecule is COC(=O)[C@@H](N)Cc1ccc(C)c(C)c1.COC(=O)[C@H](Cc1ccc(C)c(OC)c1)N1C(=O)CC2[C@H](C[N+](=O)[O-])[C@@H](C)CC21O.C[C@H]1CC(=O)[C@@H](CC(=O)O)[C@@H]1C[N+](=O)[O-].C[C@H]1CC(=O)[C@@H](CC(=O)O)[C@@H]1C[N+](=O)[O-].Cc1ccc(CCN)cc1C.Cc1ccc(CCN2C(=O)C[C@@H]3[C@H](C[N+](=O)[O-])[C@@H](C)C[C@@]32O)cc1C. The van der Waals surface area contributed by atoms with Crippen LogP contribution in [-0.2, 0) is 73.5 Å². The molecule has 4 saturated carbocycles. The van der Waals surface area contributed by atoms with Crippen LogP contribution in [0.25, 0.3) is 0 Å². The summed E-state index contributed by atoms with van der Waals surface area (Å²) in [6, 6.07) is 22.7. The Morgan fingerprint density at radius 2 is 0.883 bits per heavy atom. The molecule has 2 aliphatic heterocycles. The summed E-state index contributed by atoms with van der Waals surface area (Å²) in [5.41, 5.74) is 21.1. The Morgan fingerprint density at radius 1 is 0.505 bits per heavy atom. The number of aliphatic carboxylic acids is 2. The van der Waals surface area contributed by atoms with Gasteiger partial charge in [0.2, 0.25) is 38.0 Å². The molecular weight excluding hydrogens is 1440 g/mol. The highest BCUT2D eigenvalue weighted by Gasteiger charge is 2.65. The number of Topliss-reactive ketones (excluding diaryl/α,β-unsaturated/α-hetero) is 2. The first kappa shape index (κ1) is 91.9. The van der Waals surface area contributed by atoms with Crippen molar-refractivity contribution in [2.45, 2.75) is 177 Å². The fraction of sp³-hybridized carbons (Fsp3) is 0.600. The summed E-state index contributed by atoms with van der Waals surface area (Å²) >= 11 is 0. The number of benzene rings is 4. The molecule has 31 nitrogen and oxygen atoms in total. The summed E-state index contributed by atoms with van der Waals surface area (Å²) in [6.07, 6.45) is 3.07.